The molecule has 0 amide bonds. The molecule has 0 aliphatic carbocycles. The predicted octanol–water partition coefficient (Wildman–Crippen LogP) is 3.92. The maximum atomic E-state index is 16.8. The Morgan fingerprint density at radius 3 is 1.75 bits per heavy atom. The SMILES string of the molecule is CC(C)(C)C(=O)OCOP1(=O)CC[C@H]2O[C@@H](n3cnc4c(N)ncnc43)[C@H](F)[C@@H]2OP(=O)(OCOC(=O)C(C)(C)C)OC[C@H]2O[C@@H](n3cnc4c(N)ncnc43)[C@H](F)[C@@H]2O1. The Hall–Kier alpha value is -4.32. The van der Waals surface area contributed by atoms with Crippen molar-refractivity contribution < 1.29 is 69.1 Å². The quantitative estimate of drug-likeness (QED) is 0.144. The highest BCUT2D eigenvalue weighted by atomic mass is 31.2. The number of nitrogens with two attached hydrogens (primary N) is 2. The van der Waals surface area contributed by atoms with E-state index in [1.165, 1.54) is 21.8 Å². The molecule has 0 aromatic carbocycles. The minimum absolute atomic E-state index is 0.00630. The number of alkyl halides is 2. The first-order valence-corrected chi connectivity index (χ1v) is 21.7. The molecule has 0 bridgehead atoms. The number of imidazole rings is 2. The third kappa shape index (κ3) is 8.86. The third-order valence-corrected chi connectivity index (χ3v) is 12.8. The van der Waals surface area contributed by atoms with Gasteiger partial charge in [-0.3, -0.25) is 41.4 Å². The number of rotatable bonds is 8. The van der Waals surface area contributed by atoms with Gasteiger partial charge in [0.1, 0.15) is 42.0 Å². The molecule has 3 aliphatic rings. The number of nitrogen functional groups attached to an aromatic ring is 2. The predicted molar refractivity (Wildman–Crippen MR) is 200 cm³/mol. The van der Waals surface area contributed by atoms with Crippen molar-refractivity contribution in [2.24, 2.45) is 10.8 Å². The van der Waals surface area contributed by atoms with E-state index in [4.69, 9.17) is 53.0 Å². The van der Waals surface area contributed by atoms with Crippen LogP contribution in [0.2, 0.25) is 0 Å². The van der Waals surface area contributed by atoms with E-state index in [1.54, 1.807) is 41.5 Å². The van der Waals surface area contributed by atoms with Gasteiger partial charge >= 0.3 is 27.4 Å². The summed E-state index contributed by atoms with van der Waals surface area (Å²) in [6, 6.07) is 0. The molecule has 3 saturated heterocycles. The fraction of sp³-hybridized carbons (Fsp3) is 0.636. The highest BCUT2D eigenvalue weighted by molar-refractivity contribution is 7.53. The molecular weight excluding hydrogens is 844 g/mol. The minimum atomic E-state index is -5.05. The molecule has 0 spiro atoms. The van der Waals surface area contributed by atoms with E-state index in [9.17, 15) is 18.7 Å². The molecule has 328 valence electrons. The van der Waals surface area contributed by atoms with Crippen LogP contribution in [-0.4, -0.2) is 114 Å². The minimum Gasteiger partial charge on any atom is -0.438 e. The van der Waals surface area contributed by atoms with E-state index in [1.807, 2.05) is 0 Å². The van der Waals surface area contributed by atoms with Crippen molar-refractivity contribution in [3.8, 4) is 0 Å². The smallest absolute Gasteiger partial charge is 0.438 e. The van der Waals surface area contributed by atoms with E-state index in [0.29, 0.717) is 0 Å². The lowest BCUT2D eigenvalue weighted by atomic mass is 9.98. The van der Waals surface area contributed by atoms with Gasteiger partial charge in [-0.15, -0.1) is 0 Å². The molecule has 0 saturated carbocycles. The lowest BCUT2D eigenvalue weighted by Crippen LogP contribution is -2.37. The summed E-state index contributed by atoms with van der Waals surface area (Å²) in [6.45, 7) is 6.70. The van der Waals surface area contributed by atoms with E-state index in [0.717, 1.165) is 12.7 Å². The number of carbonyl (C=O) groups is 2. The number of halogens is 2. The Bertz CT molecular complexity index is 2180. The Kier molecular flexibility index (Phi) is 12.0. The third-order valence-electron chi connectivity index (χ3n) is 9.54. The topological polar surface area (TPSA) is 291 Å². The second kappa shape index (κ2) is 16.5. The summed E-state index contributed by atoms with van der Waals surface area (Å²) in [4.78, 5) is 49.6. The van der Waals surface area contributed by atoms with Gasteiger partial charge in [0, 0.05) is 0 Å². The van der Waals surface area contributed by atoms with Crippen LogP contribution in [0, 0.1) is 10.8 Å². The molecule has 3 fully saturated rings. The number of carbonyl (C=O) groups excluding carboxylic acids is 2. The Balaban J connectivity index is 1.24. The number of fused-ring (bicyclic) bond motifs is 4. The van der Waals surface area contributed by atoms with Gasteiger partial charge in [-0.25, -0.2) is 47.8 Å². The number of esters is 2. The summed E-state index contributed by atoms with van der Waals surface area (Å²) in [6.07, 6.45) is -10.7. The van der Waals surface area contributed by atoms with E-state index < -0.39 is 120 Å². The fourth-order valence-electron chi connectivity index (χ4n) is 6.33. The molecule has 23 nitrogen and oxygen atoms in total. The van der Waals surface area contributed by atoms with Crippen molar-refractivity contribution in [2.75, 3.05) is 37.8 Å². The molecule has 3 aliphatic heterocycles. The number of phosphoric acid groups is 1. The summed E-state index contributed by atoms with van der Waals surface area (Å²) in [7, 11) is -9.66. The van der Waals surface area contributed by atoms with Crippen molar-refractivity contribution in [1.82, 2.24) is 39.0 Å². The van der Waals surface area contributed by atoms with Gasteiger partial charge in [-0.1, -0.05) is 0 Å². The van der Waals surface area contributed by atoms with Crippen LogP contribution in [0.1, 0.15) is 60.4 Å². The molecule has 10 atom stereocenters. The molecule has 60 heavy (non-hydrogen) atoms. The summed E-state index contributed by atoms with van der Waals surface area (Å²) in [5, 5.41) is 0. The number of hydrogen-bond donors (Lipinski definition) is 2. The largest absolute Gasteiger partial charge is 0.478 e. The molecular formula is C33H44F2N10O13P2. The Morgan fingerprint density at radius 1 is 0.750 bits per heavy atom. The zero-order valence-corrected chi connectivity index (χ0v) is 34.9. The summed E-state index contributed by atoms with van der Waals surface area (Å²) in [5.41, 5.74) is 10.3. The Labute approximate surface area is 340 Å². The Morgan fingerprint density at radius 2 is 1.23 bits per heavy atom. The second-order valence-corrected chi connectivity index (χ2v) is 19.8. The summed E-state index contributed by atoms with van der Waals surface area (Å²) in [5.74, 6) is -1.48. The molecule has 7 rings (SSSR count). The van der Waals surface area contributed by atoms with Gasteiger partial charge in [0.2, 0.25) is 13.6 Å². The summed E-state index contributed by atoms with van der Waals surface area (Å²) >= 11 is 0. The van der Waals surface area contributed by atoms with Crippen molar-refractivity contribution in [2.45, 2.75) is 97.2 Å². The number of phosphoric ester groups is 1. The highest BCUT2D eigenvalue weighted by Gasteiger charge is 2.55. The maximum Gasteiger partial charge on any atom is 0.478 e. The lowest BCUT2D eigenvalue weighted by Gasteiger charge is -2.30. The van der Waals surface area contributed by atoms with Crippen LogP contribution in [0.4, 0.5) is 20.4 Å². The van der Waals surface area contributed by atoms with Crippen LogP contribution in [0.5, 0.6) is 0 Å². The number of hydrogen-bond acceptors (Lipinski definition) is 21. The van der Waals surface area contributed by atoms with Crippen molar-refractivity contribution in [3.05, 3.63) is 25.3 Å². The molecule has 0 radical (unpaired) electrons. The molecule has 4 aromatic rings. The first-order valence-electron chi connectivity index (χ1n) is 18.5. The number of aromatic nitrogens is 8. The van der Waals surface area contributed by atoms with E-state index in [2.05, 4.69) is 29.9 Å². The fourth-order valence-corrected chi connectivity index (χ4v) is 9.29. The molecule has 4 aromatic heterocycles. The van der Waals surface area contributed by atoms with E-state index >= 15 is 8.78 Å². The molecule has 7 heterocycles. The van der Waals surface area contributed by atoms with Crippen molar-refractivity contribution in [1.29, 1.82) is 0 Å². The number of ether oxygens (including phenoxy) is 4. The monoisotopic (exact) mass is 888 g/mol. The number of anilines is 2. The van der Waals surface area contributed by atoms with Gasteiger partial charge in [0.05, 0.1) is 42.4 Å². The van der Waals surface area contributed by atoms with Gasteiger partial charge < -0.3 is 30.4 Å². The standard InChI is InChI=1S/C33H44F2N10O13P2/c1-32(2,3)30(46)50-14-53-59(48)8-7-16-22(18(34)28(55-16)44-12-42-20-24(36)38-10-40-26(20)44)58-60(49,54-15-51-31(47)33(4,5)6)52-9-17-23(57-59)19(35)29(56-17)45-13-43-21-25(37)39-11-41-27(21)45/h10-13,16-19,22-23,28-29H,7-9,14-15H2,1-6H3,(H2,36,38,40)(H2,37,39,41)/t16-,17-,18-,19-,22-,23-,28-,29-,59?,60?/m1/s1. The normalized spacial score (nSPS) is 31.6. The average molecular weight is 889 g/mol. The lowest BCUT2D eigenvalue weighted by molar-refractivity contribution is -0.161. The second-order valence-electron chi connectivity index (χ2n) is 16.0. The molecule has 4 N–H and O–H groups in total. The molecule has 2 unspecified atom stereocenters. The van der Waals surface area contributed by atoms with Crippen molar-refractivity contribution in [3.63, 3.8) is 0 Å². The number of nitrogens with zero attached hydrogens (tertiary/aromatic N) is 8. The molecule has 27 heteroatoms. The van der Waals surface area contributed by atoms with Crippen LogP contribution in [0.15, 0.2) is 25.3 Å². The van der Waals surface area contributed by atoms with Crippen LogP contribution >= 0.6 is 15.4 Å². The van der Waals surface area contributed by atoms with E-state index in [-0.39, 0.29) is 34.0 Å². The van der Waals surface area contributed by atoms with Crippen LogP contribution < -0.4 is 11.5 Å². The first-order chi connectivity index (χ1) is 28.2. The van der Waals surface area contributed by atoms with Crippen LogP contribution in [0.25, 0.3) is 22.3 Å². The zero-order chi connectivity index (χ0) is 43.4. The average Bonchev–Trinajstić information content (AvgIpc) is 3.94. The van der Waals surface area contributed by atoms with Gasteiger partial charge in [-0.2, -0.15) is 0 Å². The highest BCUT2D eigenvalue weighted by Crippen LogP contribution is 2.58. The summed E-state index contributed by atoms with van der Waals surface area (Å²) < 4.78 is 116. The van der Waals surface area contributed by atoms with Crippen LogP contribution in [0.3, 0.4) is 0 Å². The van der Waals surface area contributed by atoms with Gasteiger partial charge in [0.15, 0.2) is 47.7 Å². The zero-order valence-electron chi connectivity index (χ0n) is 33.2. The van der Waals surface area contributed by atoms with Gasteiger partial charge in [-0.05, 0) is 48.0 Å². The van der Waals surface area contributed by atoms with Gasteiger partial charge in [0.25, 0.3) is 0 Å². The maximum absolute atomic E-state index is 16.8. The first kappa shape index (κ1) is 43.8. The van der Waals surface area contributed by atoms with Crippen LogP contribution in [-0.2, 0) is 60.3 Å². The van der Waals surface area contributed by atoms with Crippen molar-refractivity contribution >= 4 is 61.3 Å².